The Morgan fingerprint density at radius 2 is 2.12 bits per heavy atom. The van der Waals surface area contributed by atoms with Crippen molar-refractivity contribution in [3.8, 4) is 11.5 Å². The van der Waals surface area contributed by atoms with E-state index in [4.69, 9.17) is 4.42 Å². The SMILES string of the molecule is CS(=O)(=O)N1CCCC(C(=O)Nc2nnc(-c3ccc(F)cc3F)o2)C1. The molecule has 8 nitrogen and oxygen atoms in total. The lowest BCUT2D eigenvalue weighted by Crippen LogP contribution is -2.43. The highest BCUT2D eigenvalue weighted by Crippen LogP contribution is 2.25. The minimum atomic E-state index is -3.38. The van der Waals surface area contributed by atoms with Gasteiger partial charge in [-0.25, -0.2) is 21.5 Å². The first-order chi connectivity index (χ1) is 12.2. The topological polar surface area (TPSA) is 105 Å². The molecule has 1 atom stereocenters. The minimum Gasteiger partial charge on any atom is -0.403 e. The summed E-state index contributed by atoms with van der Waals surface area (Å²) in [7, 11) is -3.38. The van der Waals surface area contributed by atoms with Gasteiger partial charge in [-0.3, -0.25) is 10.1 Å². The predicted octanol–water partition coefficient (Wildman–Crippen LogP) is 1.62. The molecular weight excluding hydrogens is 370 g/mol. The molecule has 140 valence electrons. The Hall–Kier alpha value is -2.40. The summed E-state index contributed by atoms with van der Waals surface area (Å²) in [4.78, 5) is 12.3. The molecule has 1 N–H and O–H groups in total. The molecule has 1 unspecified atom stereocenters. The molecule has 26 heavy (non-hydrogen) atoms. The van der Waals surface area contributed by atoms with Crippen LogP contribution in [0.5, 0.6) is 0 Å². The number of nitrogens with zero attached hydrogens (tertiary/aromatic N) is 3. The first-order valence-electron chi connectivity index (χ1n) is 7.79. The van der Waals surface area contributed by atoms with Gasteiger partial charge in [-0.2, -0.15) is 0 Å². The lowest BCUT2D eigenvalue weighted by molar-refractivity contribution is -0.121. The summed E-state index contributed by atoms with van der Waals surface area (Å²) in [5.41, 5.74) is -0.0969. The molecule has 3 rings (SSSR count). The molecule has 11 heteroatoms. The Morgan fingerprint density at radius 3 is 2.81 bits per heavy atom. The highest BCUT2D eigenvalue weighted by atomic mass is 32.2. The van der Waals surface area contributed by atoms with E-state index in [9.17, 15) is 22.0 Å². The molecule has 0 bridgehead atoms. The van der Waals surface area contributed by atoms with Crippen LogP contribution in [0.25, 0.3) is 11.5 Å². The summed E-state index contributed by atoms with van der Waals surface area (Å²) < 4.78 is 56.4. The van der Waals surface area contributed by atoms with Gasteiger partial charge in [-0.1, -0.05) is 5.10 Å². The molecule has 1 amide bonds. The van der Waals surface area contributed by atoms with Gasteiger partial charge in [-0.05, 0) is 25.0 Å². The second kappa shape index (κ2) is 7.08. The van der Waals surface area contributed by atoms with Gasteiger partial charge in [0.1, 0.15) is 11.6 Å². The van der Waals surface area contributed by atoms with Crippen molar-refractivity contribution in [2.45, 2.75) is 12.8 Å². The van der Waals surface area contributed by atoms with E-state index in [-0.39, 0.29) is 24.0 Å². The average molecular weight is 386 g/mol. The van der Waals surface area contributed by atoms with Crippen LogP contribution in [-0.4, -0.2) is 48.2 Å². The number of halogens is 2. The predicted molar refractivity (Wildman–Crippen MR) is 87.4 cm³/mol. The molecule has 2 heterocycles. The molecule has 1 fully saturated rings. The number of carbonyl (C=O) groups excluding carboxylic acids is 1. The molecular formula is C15H16F2N4O4S. The molecule has 0 spiro atoms. The summed E-state index contributed by atoms with van der Waals surface area (Å²) in [5, 5.41) is 9.65. The average Bonchev–Trinajstić information content (AvgIpc) is 3.02. The van der Waals surface area contributed by atoms with Crippen molar-refractivity contribution in [2.75, 3.05) is 24.7 Å². The highest BCUT2D eigenvalue weighted by Gasteiger charge is 2.31. The second-order valence-electron chi connectivity index (χ2n) is 5.99. The van der Waals surface area contributed by atoms with Crippen LogP contribution < -0.4 is 5.32 Å². The van der Waals surface area contributed by atoms with E-state index in [2.05, 4.69) is 15.5 Å². The van der Waals surface area contributed by atoms with Gasteiger partial charge in [0.2, 0.25) is 15.9 Å². The van der Waals surface area contributed by atoms with Crippen molar-refractivity contribution >= 4 is 21.9 Å². The number of aromatic nitrogens is 2. The molecule has 2 aromatic rings. The summed E-state index contributed by atoms with van der Waals surface area (Å²) in [6, 6.07) is 2.63. The number of hydrogen-bond donors (Lipinski definition) is 1. The third-order valence-corrected chi connectivity index (χ3v) is 5.31. The van der Waals surface area contributed by atoms with E-state index in [1.807, 2.05) is 0 Å². The second-order valence-corrected chi connectivity index (χ2v) is 7.97. The van der Waals surface area contributed by atoms with E-state index < -0.39 is 33.5 Å². The molecule has 1 aliphatic rings. The Kier molecular flexibility index (Phi) is 5.01. The largest absolute Gasteiger partial charge is 0.403 e. The number of nitrogens with one attached hydrogen (secondary N) is 1. The molecule has 1 saturated heterocycles. The third kappa shape index (κ3) is 4.05. The maximum Gasteiger partial charge on any atom is 0.322 e. The molecule has 1 aromatic carbocycles. The molecule has 0 saturated carbocycles. The number of carbonyl (C=O) groups is 1. The highest BCUT2D eigenvalue weighted by molar-refractivity contribution is 7.88. The summed E-state index contributed by atoms with van der Waals surface area (Å²) in [5.74, 6) is -2.85. The number of amides is 1. The van der Waals surface area contributed by atoms with Gasteiger partial charge in [0, 0.05) is 19.2 Å². The third-order valence-electron chi connectivity index (χ3n) is 4.04. The molecule has 0 radical (unpaired) electrons. The van der Waals surface area contributed by atoms with Crippen LogP contribution in [0.2, 0.25) is 0 Å². The van der Waals surface area contributed by atoms with Crippen molar-refractivity contribution in [1.82, 2.24) is 14.5 Å². The maximum absolute atomic E-state index is 13.7. The van der Waals surface area contributed by atoms with Crippen LogP contribution in [0.4, 0.5) is 14.8 Å². The minimum absolute atomic E-state index is 0.0677. The number of piperidine rings is 1. The standard InChI is InChI=1S/C15H16F2N4O4S/c1-26(23,24)21-6-2-3-9(8-21)13(22)18-15-20-19-14(25-15)11-5-4-10(16)7-12(11)17/h4-5,7,9H,2-3,6,8H2,1H3,(H,18,20,22). The normalized spacial score (nSPS) is 18.7. The van der Waals surface area contributed by atoms with Crippen molar-refractivity contribution in [2.24, 2.45) is 5.92 Å². The van der Waals surface area contributed by atoms with Gasteiger partial charge < -0.3 is 4.42 Å². The fraction of sp³-hybridized carbons (Fsp3) is 0.400. The Morgan fingerprint density at radius 1 is 1.35 bits per heavy atom. The van der Waals surface area contributed by atoms with Crippen LogP contribution in [0.3, 0.4) is 0 Å². The van der Waals surface area contributed by atoms with Crippen molar-refractivity contribution < 1.29 is 26.4 Å². The fourth-order valence-corrected chi connectivity index (χ4v) is 3.62. The van der Waals surface area contributed by atoms with Crippen LogP contribution in [0.1, 0.15) is 12.8 Å². The van der Waals surface area contributed by atoms with E-state index in [0.29, 0.717) is 25.5 Å². The van der Waals surface area contributed by atoms with Gasteiger partial charge in [-0.15, -0.1) is 5.10 Å². The lowest BCUT2D eigenvalue weighted by Gasteiger charge is -2.29. The fourth-order valence-electron chi connectivity index (χ4n) is 2.71. The Balaban J connectivity index is 1.70. The maximum atomic E-state index is 13.7. The van der Waals surface area contributed by atoms with Crippen molar-refractivity contribution in [3.05, 3.63) is 29.8 Å². The summed E-state index contributed by atoms with van der Waals surface area (Å²) in [6.45, 7) is 0.440. The lowest BCUT2D eigenvalue weighted by atomic mass is 9.99. The Labute approximate surface area is 148 Å². The summed E-state index contributed by atoms with van der Waals surface area (Å²) >= 11 is 0. The first kappa shape index (κ1) is 18.4. The number of sulfonamides is 1. The van der Waals surface area contributed by atoms with Crippen molar-refractivity contribution in [3.63, 3.8) is 0 Å². The van der Waals surface area contributed by atoms with E-state index in [0.717, 1.165) is 18.4 Å². The number of anilines is 1. The van der Waals surface area contributed by atoms with E-state index >= 15 is 0 Å². The van der Waals surface area contributed by atoms with Crippen LogP contribution in [-0.2, 0) is 14.8 Å². The summed E-state index contributed by atoms with van der Waals surface area (Å²) in [6.07, 6.45) is 2.17. The van der Waals surface area contributed by atoms with Gasteiger partial charge in [0.25, 0.3) is 5.89 Å². The Bertz CT molecular complexity index is 931. The number of hydrogen-bond acceptors (Lipinski definition) is 6. The zero-order valence-electron chi connectivity index (χ0n) is 13.8. The zero-order chi connectivity index (χ0) is 18.9. The van der Waals surface area contributed by atoms with Crippen LogP contribution >= 0.6 is 0 Å². The van der Waals surface area contributed by atoms with E-state index in [1.165, 1.54) is 4.31 Å². The zero-order valence-corrected chi connectivity index (χ0v) is 14.6. The quantitative estimate of drug-likeness (QED) is 0.856. The molecule has 0 aliphatic carbocycles. The van der Waals surface area contributed by atoms with Gasteiger partial charge in [0.15, 0.2) is 0 Å². The van der Waals surface area contributed by atoms with Crippen LogP contribution in [0, 0.1) is 17.6 Å². The first-order valence-corrected chi connectivity index (χ1v) is 9.64. The smallest absolute Gasteiger partial charge is 0.322 e. The van der Waals surface area contributed by atoms with Crippen LogP contribution in [0.15, 0.2) is 22.6 Å². The van der Waals surface area contributed by atoms with Gasteiger partial charge in [0.05, 0.1) is 17.7 Å². The number of benzene rings is 1. The molecule has 1 aromatic heterocycles. The van der Waals surface area contributed by atoms with Gasteiger partial charge >= 0.3 is 6.01 Å². The van der Waals surface area contributed by atoms with Crippen molar-refractivity contribution in [1.29, 1.82) is 0 Å². The monoisotopic (exact) mass is 386 g/mol. The van der Waals surface area contributed by atoms with E-state index in [1.54, 1.807) is 0 Å². The number of rotatable bonds is 4. The molecule has 1 aliphatic heterocycles.